The van der Waals surface area contributed by atoms with Gasteiger partial charge in [-0.3, -0.25) is 9.59 Å². The summed E-state index contributed by atoms with van der Waals surface area (Å²) in [5.41, 5.74) is 0.922. The van der Waals surface area contributed by atoms with Crippen molar-refractivity contribution < 1.29 is 27.5 Å². The quantitative estimate of drug-likeness (QED) is 0.616. The molecule has 3 rings (SSSR count). The molecule has 1 atom stereocenters. The van der Waals surface area contributed by atoms with Crippen molar-refractivity contribution in [3.8, 4) is 11.5 Å². The van der Waals surface area contributed by atoms with E-state index in [1.165, 1.54) is 38.1 Å². The van der Waals surface area contributed by atoms with E-state index in [1.807, 2.05) is 6.92 Å². The highest BCUT2D eigenvalue weighted by molar-refractivity contribution is 8.01. The van der Waals surface area contributed by atoms with Crippen molar-refractivity contribution in [1.82, 2.24) is 0 Å². The molecule has 0 bridgehead atoms. The first-order valence-corrected chi connectivity index (χ1v) is 12.2. The third-order valence-electron chi connectivity index (χ3n) is 4.73. The Balaban J connectivity index is 1.67. The molecule has 0 fully saturated rings. The Labute approximate surface area is 185 Å². The van der Waals surface area contributed by atoms with Gasteiger partial charge in [-0.15, -0.1) is 11.8 Å². The van der Waals surface area contributed by atoms with E-state index in [2.05, 4.69) is 10.6 Å². The van der Waals surface area contributed by atoms with E-state index in [4.69, 9.17) is 9.47 Å². The topological polar surface area (TPSA) is 111 Å². The van der Waals surface area contributed by atoms with Crippen LogP contribution < -0.4 is 20.1 Å². The summed E-state index contributed by atoms with van der Waals surface area (Å²) in [4.78, 5) is 25.3. The SMILES string of the molecule is CCC1Sc2ccc(S(=O)(=O)CCC(=O)Nc3cc(OC)cc(OC)c3)cc2NC1=O. The number of hydrogen-bond acceptors (Lipinski definition) is 7. The predicted molar refractivity (Wildman–Crippen MR) is 120 cm³/mol. The van der Waals surface area contributed by atoms with Crippen LogP contribution in [-0.4, -0.2) is 45.5 Å². The van der Waals surface area contributed by atoms with Crippen LogP contribution in [0.25, 0.3) is 0 Å². The van der Waals surface area contributed by atoms with Crippen LogP contribution in [0.1, 0.15) is 19.8 Å². The minimum Gasteiger partial charge on any atom is -0.497 e. The Bertz CT molecular complexity index is 1080. The smallest absolute Gasteiger partial charge is 0.237 e. The molecule has 10 heteroatoms. The number of methoxy groups -OCH3 is 2. The van der Waals surface area contributed by atoms with Crippen molar-refractivity contribution in [3.05, 3.63) is 36.4 Å². The third kappa shape index (κ3) is 5.50. The van der Waals surface area contributed by atoms with Crippen molar-refractivity contribution in [2.75, 3.05) is 30.6 Å². The van der Waals surface area contributed by atoms with Gasteiger partial charge in [-0.25, -0.2) is 8.42 Å². The average Bonchev–Trinajstić information content (AvgIpc) is 2.76. The standard InChI is InChI=1S/C21H24N2O6S2/c1-4-18-21(25)23-17-12-16(5-6-19(17)30-18)31(26,27)8-7-20(24)22-13-9-14(28-2)11-15(10-13)29-3/h5-6,9-12,18H,4,7-8H2,1-3H3,(H,22,24)(H,23,25). The molecule has 1 aliphatic heterocycles. The molecule has 1 unspecified atom stereocenters. The van der Waals surface area contributed by atoms with Crippen molar-refractivity contribution >= 4 is 44.8 Å². The molecule has 0 spiro atoms. The van der Waals surface area contributed by atoms with Crippen LogP contribution in [0, 0.1) is 0 Å². The van der Waals surface area contributed by atoms with E-state index in [1.54, 1.807) is 24.3 Å². The first-order valence-electron chi connectivity index (χ1n) is 9.63. The highest BCUT2D eigenvalue weighted by Gasteiger charge is 2.27. The molecule has 1 heterocycles. The fraction of sp³-hybridized carbons (Fsp3) is 0.333. The lowest BCUT2D eigenvalue weighted by atomic mass is 10.2. The van der Waals surface area contributed by atoms with Crippen LogP contribution in [0.4, 0.5) is 11.4 Å². The van der Waals surface area contributed by atoms with Crippen molar-refractivity contribution in [2.45, 2.75) is 34.8 Å². The van der Waals surface area contributed by atoms with Crippen LogP contribution in [-0.2, 0) is 19.4 Å². The highest BCUT2D eigenvalue weighted by Crippen LogP contribution is 2.38. The van der Waals surface area contributed by atoms with Gasteiger partial charge in [-0.1, -0.05) is 6.92 Å². The maximum atomic E-state index is 12.7. The predicted octanol–water partition coefficient (Wildman–Crippen LogP) is 3.33. The number of hydrogen-bond donors (Lipinski definition) is 2. The lowest BCUT2D eigenvalue weighted by Crippen LogP contribution is -2.28. The number of anilines is 2. The van der Waals surface area contributed by atoms with Crippen molar-refractivity contribution in [1.29, 1.82) is 0 Å². The van der Waals surface area contributed by atoms with E-state index in [-0.39, 0.29) is 28.2 Å². The van der Waals surface area contributed by atoms with Gasteiger partial charge in [0.15, 0.2) is 9.84 Å². The fourth-order valence-corrected chi connectivity index (χ4v) is 5.33. The molecular weight excluding hydrogens is 440 g/mol. The minimum absolute atomic E-state index is 0.0675. The fourth-order valence-electron chi connectivity index (χ4n) is 3.04. The number of nitrogens with one attached hydrogen (secondary N) is 2. The summed E-state index contributed by atoms with van der Waals surface area (Å²) < 4.78 is 35.8. The second-order valence-electron chi connectivity index (χ2n) is 6.88. The molecule has 166 valence electrons. The van der Waals surface area contributed by atoms with Crippen LogP contribution >= 0.6 is 11.8 Å². The summed E-state index contributed by atoms with van der Waals surface area (Å²) in [5.74, 6) is 0.0504. The Kier molecular flexibility index (Phi) is 7.11. The van der Waals surface area contributed by atoms with Gasteiger partial charge in [-0.05, 0) is 24.6 Å². The van der Waals surface area contributed by atoms with Gasteiger partial charge < -0.3 is 20.1 Å². The van der Waals surface area contributed by atoms with Gasteiger partial charge in [0.1, 0.15) is 11.5 Å². The molecule has 2 aromatic carbocycles. The molecule has 8 nitrogen and oxygen atoms in total. The van der Waals surface area contributed by atoms with Gasteiger partial charge >= 0.3 is 0 Å². The number of amides is 2. The van der Waals surface area contributed by atoms with Gasteiger partial charge in [0.05, 0.1) is 35.8 Å². The molecule has 0 saturated heterocycles. The lowest BCUT2D eigenvalue weighted by molar-refractivity contribution is -0.116. The second-order valence-corrected chi connectivity index (χ2v) is 10.2. The first-order chi connectivity index (χ1) is 14.7. The van der Waals surface area contributed by atoms with Gasteiger partial charge in [-0.2, -0.15) is 0 Å². The third-order valence-corrected chi connectivity index (χ3v) is 7.89. The largest absolute Gasteiger partial charge is 0.497 e. The molecule has 2 amide bonds. The zero-order chi connectivity index (χ0) is 22.6. The number of carbonyl (C=O) groups excluding carboxylic acids is 2. The summed E-state index contributed by atoms with van der Waals surface area (Å²) in [6.45, 7) is 1.92. The van der Waals surface area contributed by atoms with E-state index >= 15 is 0 Å². The molecule has 2 aromatic rings. The number of sulfone groups is 1. The Morgan fingerprint density at radius 3 is 2.42 bits per heavy atom. The molecule has 0 saturated carbocycles. The maximum Gasteiger partial charge on any atom is 0.237 e. The molecule has 2 N–H and O–H groups in total. The molecule has 0 aromatic heterocycles. The number of benzene rings is 2. The zero-order valence-electron chi connectivity index (χ0n) is 17.4. The van der Waals surface area contributed by atoms with E-state index in [9.17, 15) is 18.0 Å². The number of thioether (sulfide) groups is 1. The van der Waals surface area contributed by atoms with Crippen LogP contribution in [0.5, 0.6) is 11.5 Å². The molecular formula is C21H24N2O6S2. The number of fused-ring (bicyclic) bond motifs is 1. The van der Waals surface area contributed by atoms with Gasteiger partial charge in [0, 0.05) is 35.2 Å². The van der Waals surface area contributed by atoms with Crippen LogP contribution in [0.2, 0.25) is 0 Å². The van der Waals surface area contributed by atoms with Gasteiger partial charge in [0.2, 0.25) is 11.8 Å². The Morgan fingerprint density at radius 1 is 1.13 bits per heavy atom. The van der Waals surface area contributed by atoms with E-state index in [0.717, 1.165) is 4.90 Å². The lowest BCUT2D eigenvalue weighted by Gasteiger charge is -2.23. The summed E-state index contributed by atoms with van der Waals surface area (Å²) in [6, 6.07) is 9.54. The average molecular weight is 465 g/mol. The summed E-state index contributed by atoms with van der Waals surface area (Å²) in [7, 11) is -0.724. The Hall–Kier alpha value is -2.72. The normalized spacial score (nSPS) is 15.6. The number of ether oxygens (including phenoxy) is 2. The maximum absolute atomic E-state index is 12.7. The van der Waals surface area contributed by atoms with Crippen molar-refractivity contribution in [2.24, 2.45) is 0 Å². The van der Waals surface area contributed by atoms with E-state index < -0.39 is 15.7 Å². The summed E-state index contributed by atoms with van der Waals surface area (Å²) in [6.07, 6.45) is 0.461. The second kappa shape index (κ2) is 9.61. The summed E-state index contributed by atoms with van der Waals surface area (Å²) >= 11 is 1.42. The molecule has 31 heavy (non-hydrogen) atoms. The zero-order valence-corrected chi connectivity index (χ0v) is 19.1. The van der Waals surface area contributed by atoms with Crippen molar-refractivity contribution in [3.63, 3.8) is 0 Å². The Morgan fingerprint density at radius 2 is 1.81 bits per heavy atom. The number of carbonyl (C=O) groups is 2. The van der Waals surface area contributed by atoms with E-state index in [0.29, 0.717) is 29.3 Å². The van der Waals surface area contributed by atoms with Crippen LogP contribution in [0.15, 0.2) is 46.2 Å². The number of rotatable bonds is 8. The van der Waals surface area contributed by atoms with Crippen LogP contribution in [0.3, 0.4) is 0 Å². The highest BCUT2D eigenvalue weighted by atomic mass is 32.2. The molecule has 1 aliphatic rings. The summed E-state index contributed by atoms with van der Waals surface area (Å²) in [5, 5.41) is 5.24. The van der Waals surface area contributed by atoms with Gasteiger partial charge in [0.25, 0.3) is 0 Å². The minimum atomic E-state index is -3.71. The first kappa shape index (κ1) is 23.0. The molecule has 0 aliphatic carbocycles. The monoisotopic (exact) mass is 464 g/mol. The molecule has 0 radical (unpaired) electrons.